The quantitative estimate of drug-likeness (QED) is 0.394. The van der Waals surface area contributed by atoms with E-state index in [-0.39, 0.29) is 11.4 Å². The van der Waals surface area contributed by atoms with Gasteiger partial charge in [0, 0.05) is 18.0 Å². The molecule has 0 aliphatic rings. The lowest BCUT2D eigenvalue weighted by Gasteiger charge is -2.01. The number of nitrogens with two attached hydrogens (primary N) is 1. The number of carbonyl (C=O) groups excluding carboxylic acids is 1. The Hall–Kier alpha value is -2.76. The zero-order chi connectivity index (χ0) is 13.7. The standard InChI is InChI=1S/C13H10FN3O2/c14-11-3-1-2-10(8-11)13(18)19-17-12(15)9-4-6-16-7-5-9/h1-8H,(H2,15,17). The normalized spacial score (nSPS) is 11.1. The fourth-order valence-corrected chi connectivity index (χ4v) is 1.33. The number of hydrogen-bond donors (Lipinski definition) is 1. The van der Waals surface area contributed by atoms with Crippen LogP contribution in [-0.4, -0.2) is 16.8 Å². The van der Waals surface area contributed by atoms with Crippen molar-refractivity contribution >= 4 is 11.8 Å². The maximum Gasteiger partial charge on any atom is 0.365 e. The van der Waals surface area contributed by atoms with E-state index in [0.717, 1.165) is 6.07 Å². The zero-order valence-corrected chi connectivity index (χ0v) is 9.79. The van der Waals surface area contributed by atoms with Crippen molar-refractivity contribution in [2.24, 2.45) is 10.9 Å². The summed E-state index contributed by atoms with van der Waals surface area (Å²) in [6.45, 7) is 0. The first-order chi connectivity index (χ1) is 9.16. The molecule has 2 aromatic rings. The van der Waals surface area contributed by atoms with Gasteiger partial charge in [-0.1, -0.05) is 11.2 Å². The predicted molar refractivity (Wildman–Crippen MR) is 66.8 cm³/mol. The SMILES string of the molecule is N/C(=N/OC(=O)c1cccc(F)c1)c1ccncc1. The van der Waals surface area contributed by atoms with Crippen molar-refractivity contribution in [2.75, 3.05) is 0 Å². The Morgan fingerprint density at radius 1 is 1.21 bits per heavy atom. The first-order valence-corrected chi connectivity index (χ1v) is 5.37. The molecule has 0 aliphatic carbocycles. The lowest BCUT2D eigenvalue weighted by atomic mass is 10.2. The monoisotopic (exact) mass is 259 g/mol. The van der Waals surface area contributed by atoms with E-state index >= 15 is 0 Å². The van der Waals surface area contributed by atoms with E-state index in [1.807, 2.05) is 0 Å². The summed E-state index contributed by atoms with van der Waals surface area (Å²) in [6.07, 6.45) is 3.07. The lowest BCUT2D eigenvalue weighted by Crippen LogP contribution is -2.15. The van der Waals surface area contributed by atoms with Crippen LogP contribution >= 0.6 is 0 Å². The van der Waals surface area contributed by atoms with Crippen LogP contribution in [0.5, 0.6) is 0 Å². The fraction of sp³-hybridized carbons (Fsp3) is 0. The van der Waals surface area contributed by atoms with Gasteiger partial charge in [-0.05, 0) is 30.3 Å². The number of nitrogens with zero attached hydrogens (tertiary/aromatic N) is 2. The lowest BCUT2D eigenvalue weighted by molar-refractivity contribution is 0.0515. The average Bonchev–Trinajstić information content (AvgIpc) is 2.45. The summed E-state index contributed by atoms with van der Waals surface area (Å²) in [7, 11) is 0. The Morgan fingerprint density at radius 2 is 1.95 bits per heavy atom. The number of carbonyl (C=O) groups is 1. The predicted octanol–water partition coefficient (Wildman–Crippen LogP) is 1.70. The van der Waals surface area contributed by atoms with E-state index < -0.39 is 11.8 Å². The van der Waals surface area contributed by atoms with Crippen LogP contribution in [0.2, 0.25) is 0 Å². The van der Waals surface area contributed by atoms with Crippen LogP contribution < -0.4 is 5.73 Å². The van der Waals surface area contributed by atoms with Crippen LogP contribution in [-0.2, 0) is 4.84 Å². The number of hydrogen-bond acceptors (Lipinski definition) is 4. The van der Waals surface area contributed by atoms with Crippen molar-refractivity contribution in [2.45, 2.75) is 0 Å². The van der Waals surface area contributed by atoms with Gasteiger partial charge in [-0.2, -0.15) is 0 Å². The van der Waals surface area contributed by atoms with Crippen molar-refractivity contribution < 1.29 is 14.0 Å². The van der Waals surface area contributed by atoms with Crippen LogP contribution in [0.1, 0.15) is 15.9 Å². The van der Waals surface area contributed by atoms with Gasteiger partial charge in [0.25, 0.3) is 0 Å². The summed E-state index contributed by atoms with van der Waals surface area (Å²) >= 11 is 0. The Morgan fingerprint density at radius 3 is 2.63 bits per heavy atom. The second kappa shape index (κ2) is 5.72. The van der Waals surface area contributed by atoms with E-state index in [0.29, 0.717) is 5.56 Å². The van der Waals surface area contributed by atoms with Crippen molar-refractivity contribution in [1.29, 1.82) is 0 Å². The minimum absolute atomic E-state index is 0.0344. The van der Waals surface area contributed by atoms with Gasteiger partial charge in [-0.15, -0.1) is 0 Å². The zero-order valence-electron chi connectivity index (χ0n) is 9.79. The van der Waals surface area contributed by atoms with Crippen LogP contribution in [0.25, 0.3) is 0 Å². The molecule has 0 bridgehead atoms. The number of oxime groups is 1. The van der Waals surface area contributed by atoms with Gasteiger partial charge in [-0.25, -0.2) is 9.18 Å². The molecule has 1 aromatic heterocycles. The smallest absolute Gasteiger partial charge is 0.365 e. The molecule has 6 heteroatoms. The number of amidine groups is 1. The van der Waals surface area contributed by atoms with E-state index in [4.69, 9.17) is 5.73 Å². The van der Waals surface area contributed by atoms with Crippen molar-refractivity contribution in [3.63, 3.8) is 0 Å². The van der Waals surface area contributed by atoms with Crippen molar-refractivity contribution in [3.8, 4) is 0 Å². The van der Waals surface area contributed by atoms with Crippen molar-refractivity contribution in [1.82, 2.24) is 4.98 Å². The van der Waals surface area contributed by atoms with Gasteiger partial charge in [0.05, 0.1) is 5.56 Å². The number of halogens is 1. The minimum atomic E-state index is -0.781. The Labute approximate surface area is 108 Å². The second-order valence-corrected chi connectivity index (χ2v) is 3.60. The first-order valence-electron chi connectivity index (χ1n) is 5.37. The maximum absolute atomic E-state index is 12.9. The highest BCUT2D eigenvalue weighted by Crippen LogP contribution is 2.06. The molecular weight excluding hydrogens is 249 g/mol. The molecule has 0 unspecified atom stereocenters. The molecule has 96 valence electrons. The molecule has 2 N–H and O–H groups in total. The highest BCUT2D eigenvalue weighted by Gasteiger charge is 2.08. The molecule has 1 aromatic carbocycles. The molecule has 0 saturated heterocycles. The highest BCUT2D eigenvalue weighted by molar-refractivity contribution is 5.98. The van der Waals surface area contributed by atoms with Crippen LogP contribution in [0, 0.1) is 5.82 Å². The summed E-state index contributed by atoms with van der Waals surface area (Å²) in [5.41, 5.74) is 6.25. The second-order valence-electron chi connectivity index (χ2n) is 3.60. The van der Waals surface area contributed by atoms with Crippen LogP contribution in [0.15, 0.2) is 53.9 Å². The van der Waals surface area contributed by atoms with Crippen LogP contribution in [0.3, 0.4) is 0 Å². The summed E-state index contributed by atoms with van der Waals surface area (Å²) in [5, 5.41) is 3.50. The Balaban J connectivity index is 2.08. The van der Waals surface area contributed by atoms with E-state index in [1.165, 1.54) is 30.6 Å². The largest absolute Gasteiger partial charge is 0.380 e. The molecular formula is C13H10FN3O2. The molecule has 0 atom stereocenters. The van der Waals surface area contributed by atoms with Gasteiger partial charge in [0.1, 0.15) is 5.82 Å². The van der Waals surface area contributed by atoms with E-state index in [9.17, 15) is 9.18 Å². The van der Waals surface area contributed by atoms with Gasteiger partial charge in [-0.3, -0.25) is 4.98 Å². The van der Waals surface area contributed by atoms with Crippen molar-refractivity contribution in [3.05, 3.63) is 65.7 Å². The topological polar surface area (TPSA) is 77.6 Å². The highest BCUT2D eigenvalue weighted by atomic mass is 19.1. The Bertz CT molecular complexity index is 614. The summed E-state index contributed by atoms with van der Waals surface area (Å²) in [5.74, 6) is -1.27. The third-order valence-electron chi connectivity index (χ3n) is 2.26. The van der Waals surface area contributed by atoms with Gasteiger partial charge < -0.3 is 10.6 Å². The maximum atomic E-state index is 12.9. The summed E-state index contributed by atoms with van der Waals surface area (Å²) < 4.78 is 12.9. The molecule has 0 fully saturated rings. The van der Waals surface area contributed by atoms with E-state index in [2.05, 4.69) is 15.0 Å². The molecule has 0 saturated carbocycles. The number of rotatable bonds is 3. The Kier molecular flexibility index (Phi) is 3.82. The molecule has 19 heavy (non-hydrogen) atoms. The molecule has 0 amide bonds. The van der Waals surface area contributed by atoms with Gasteiger partial charge >= 0.3 is 5.97 Å². The number of aromatic nitrogens is 1. The van der Waals surface area contributed by atoms with Gasteiger partial charge in [0.2, 0.25) is 0 Å². The fourth-order valence-electron chi connectivity index (χ4n) is 1.33. The number of pyridine rings is 1. The van der Waals surface area contributed by atoms with Crippen LogP contribution in [0.4, 0.5) is 4.39 Å². The third-order valence-corrected chi connectivity index (χ3v) is 2.26. The molecule has 1 heterocycles. The summed E-state index contributed by atoms with van der Waals surface area (Å²) in [4.78, 5) is 20.0. The molecule has 0 aliphatic heterocycles. The average molecular weight is 259 g/mol. The molecule has 0 radical (unpaired) electrons. The first kappa shape index (κ1) is 12.7. The third kappa shape index (κ3) is 3.35. The molecule has 2 rings (SSSR count). The minimum Gasteiger partial charge on any atom is -0.380 e. The van der Waals surface area contributed by atoms with Gasteiger partial charge in [0.15, 0.2) is 5.84 Å². The molecule has 0 spiro atoms. The van der Waals surface area contributed by atoms with E-state index in [1.54, 1.807) is 12.1 Å². The molecule has 5 nitrogen and oxygen atoms in total. The summed E-state index contributed by atoms with van der Waals surface area (Å²) in [6, 6.07) is 8.35. The number of benzene rings is 1.